The summed E-state index contributed by atoms with van der Waals surface area (Å²) in [6, 6.07) is 17.8. The van der Waals surface area contributed by atoms with Gasteiger partial charge in [-0.15, -0.1) is 0 Å². The summed E-state index contributed by atoms with van der Waals surface area (Å²) >= 11 is 0. The highest BCUT2D eigenvalue weighted by Gasteiger charge is 2.22. The van der Waals surface area contributed by atoms with Crippen LogP contribution in [0.5, 0.6) is 5.75 Å². The van der Waals surface area contributed by atoms with Gasteiger partial charge in [0, 0.05) is 13.7 Å². The first-order chi connectivity index (χ1) is 14.8. The predicted molar refractivity (Wildman–Crippen MR) is 127 cm³/mol. The van der Waals surface area contributed by atoms with Gasteiger partial charge in [-0.05, 0) is 79.2 Å². The van der Waals surface area contributed by atoms with Crippen molar-refractivity contribution in [2.75, 3.05) is 20.3 Å². The van der Waals surface area contributed by atoms with E-state index in [-0.39, 0.29) is 0 Å². The Bertz CT molecular complexity index is 696. The molecule has 0 N–H and O–H groups in total. The Morgan fingerprint density at radius 3 is 2.00 bits per heavy atom. The minimum atomic E-state index is 0.748. The van der Waals surface area contributed by atoms with Crippen LogP contribution in [0, 0.1) is 5.92 Å². The van der Waals surface area contributed by atoms with Crippen LogP contribution in [0.25, 0.3) is 11.1 Å². The molecule has 0 radical (unpaired) electrons. The van der Waals surface area contributed by atoms with Gasteiger partial charge in [0.1, 0.15) is 5.75 Å². The molecular weight excluding hydrogens is 368 g/mol. The van der Waals surface area contributed by atoms with Gasteiger partial charge in [-0.1, -0.05) is 69.0 Å². The second kappa shape index (κ2) is 12.8. The fraction of sp³-hybridized carbons (Fsp3) is 0.571. The van der Waals surface area contributed by atoms with Crippen molar-refractivity contribution in [3.05, 3.63) is 54.1 Å². The molecule has 0 bridgehead atoms. The second-order valence-electron chi connectivity index (χ2n) is 8.91. The maximum atomic E-state index is 5.83. The SMILES string of the molecule is CCCCCC1CCC(c2ccc(-c3ccc(OCCCCOC)cc3)cc2)CC1. The highest BCUT2D eigenvalue weighted by atomic mass is 16.5. The molecule has 30 heavy (non-hydrogen) atoms. The molecule has 0 spiro atoms. The zero-order valence-electron chi connectivity index (χ0n) is 19.1. The van der Waals surface area contributed by atoms with Gasteiger partial charge in [0.25, 0.3) is 0 Å². The minimum Gasteiger partial charge on any atom is -0.494 e. The quantitative estimate of drug-likeness (QED) is 0.331. The number of rotatable bonds is 12. The van der Waals surface area contributed by atoms with Crippen LogP contribution in [0.1, 0.15) is 82.6 Å². The van der Waals surface area contributed by atoms with Crippen molar-refractivity contribution in [2.45, 2.75) is 77.0 Å². The van der Waals surface area contributed by atoms with Crippen molar-refractivity contribution in [3.63, 3.8) is 0 Å². The number of hydrogen-bond donors (Lipinski definition) is 0. The van der Waals surface area contributed by atoms with Gasteiger partial charge >= 0.3 is 0 Å². The number of benzene rings is 2. The highest BCUT2D eigenvalue weighted by Crippen LogP contribution is 2.38. The molecule has 164 valence electrons. The smallest absolute Gasteiger partial charge is 0.119 e. The van der Waals surface area contributed by atoms with Crippen LogP contribution < -0.4 is 4.74 Å². The predicted octanol–water partition coefficient (Wildman–Crippen LogP) is 8.01. The van der Waals surface area contributed by atoms with Crippen LogP contribution >= 0.6 is 0 Å². The Balaban J connectivity index is 1.46. The molecule has 0 aliphatic heterocycles. The van der Waals surface area contributed by atoms with E-state index in [9.17, 15) is 0 Å². The van der Waals surface area contributed by atoms with E-state index in [1.54, 1.807) is 7.11 Å². The summed E-state index contributed by atoms with van der Waals surface area (Å²) in [6.45, 7) is 3.85. The number of ether oxygens (including phenoxy) is 2. The summed E-state index contributed by atoms with van der Waals surface area (Å²) in [7, 11) is 1.74. The molecule has 0 saturated heterocycles. The molecule has 0 heterocycles. The molecule has 1 saturated carbocycles. The summed E-state index contributed by atoms with van der Waals surface area (Å²) in [6.07, 6.45) is 13.3. The van der Waals surface area contributed by atoms with Crippen molar-refractivity contribution < 1.29 is 9.47 Å². The standard InChI is InChI=1S/C28H40O2/c1-3-4-5-8-23-9-11-24(12-10-23)25-13-15-26(16-14-25)27-17-19-28(20-18-27)30-22-7-6-21-29-2/h13-20,23-24H,3-12,21-22H2,1-2H3. The summed E-state index contributed by atoms with van der Waals surface area (Å²) in [4.78, 5) is 0. The molecule has 2 aromatic carbocycles. The summed E-state index contributed by atoms with van der Waals surface area (Å²) < 4.78 is 10.9. The Hall–Kier alpha value is -1.80. The van der Waals surface area contributed by atoms with Crippen LogP contribution in [0.15, 0.2) is 48.5 Å². The Kier molecular flexibility index (Phi) is 9.76. The molecule has 0 amide bonds. The summed E-state index contributed by atoms with van der Waals surface area (Å²) in [5.74, 6) is 2.69. The van der Waals surface area contributed by atoms with Gasteiger partial charge < -0.3 is 9.47 Å². The number of methoxy groups -OCH3 is 1. The lowest BCUT2D eigenvalue weighted by Gasteiger charge is -2.29. The fourth-order valence-corrected chi connectivity index (χ4v) is 4.70. The zero-order chi connectivity index (χ0) is 21.0. The van der Waals surface area contributed by atoms with E-state index in [2.05, 4.69) is 55.5 Å². The first-order valence-corrected chi connectivity index (χ1v) is 12.1. The van der Waals surface area contributed by atoms with Crippen LogP contribution in [-0.2, 0) is 4.74 Å². The Morgan fingerprint density at radius 2 is 1.37 bits per heavy atom. The topological polar surface area (TPSA) is 18.5 Å². The first kappa shape index (κ1) is 22.9. The van der Waals surface area contributed by atoms with E-state index in [1.165, 1.54) is 68.1 Å². The van der Waals surface area contributed by atoms with Crippen LogP contribution in [0.2, 0.25) is 0 Å². The van der Waals surface area contributed by atoms with Gasteiger partial charge in [0.15, 0.2) is 0 Å². The molecule has 1 fully saturated rings. The van der Waals surface area contributed by atoms with Gasteiger partial charge in [-0.3, -0.25) is 0 Å². The van der Waals surface area contributed by atoms with Crippen molar-refractivity contribution >= 4 is 0 Å². The van der Waals surface area contributed by atoms with Crippen molar-refractivity contribution in [2.24, 2.45) is 5.92 Å². The molecule has 0 atom stereocenters. The molecule has 3 rings (SSSR count). The molecule has 0 unspecified atom stereocenters. The third-order valence-electron chi connectivity index (χ3n) is 6.64. The van der Waals surface area contributed by atoms with Crippen molar-refractivity contribution in [1.82, 2.24) is 0 Å². The number of hydrogen-bond acceptors (Lipinski definition) is 2. The average Bonchev–Trinajstić information content (AvgIpc) is 2.80. The highest BCUT2D eigenvalue weighted by molar-refractivity contribution is 5.64. The zero-order valence-corrected chi connectivity index (χ0v) is 19.1. The number of unbranched alkanes of at least 4 members (excludes halogenated alkanes) is 3. The van der Waals surface area contributed by atoms with Gasteiger partial charge in [-0.25, -0.2) is 0 Å². The lowest BCUT2D eigenvalue weighted by Crippen LogP contribution is -2.13. The third-order valence-corrected chi connectivity index (χ3v) is 6.64. The van der Waals surface area contributed by atoms with E-state index in [0.717, 1.165) is 43.6 Å². The van der Waals surface area contributed by atoms with Crippen molar-refractivity contribution in [3.8, 4) is 16.9 Å². The molecular formula is C28H40O2. The summed E-state index contributed by atoms with van der Waals surface area (Å²) in [5, 5.41) is 0. The summed E-state index contributed by atoms with van der Waals surface area (Å²) in [5.41, 5.74) is 4.08. The monoisotopic (exact) mass is 408 g/mol. The third kappa shape index (κ3) is 7.16. The molecule has 2 heteroatoms. The normalized spacial score (nSPS) is 19.0. The Labute approximate surface area is 184 Å². The molecule has 2 nitrogen and oxygen atoms in total. The van der Waals surface area contributed by atoms with E-state index < -0.39 is 0 Å². The second-order valence-corrected chi connectivity index (χ2v) is 8.91. The lowest BCUT2D eigenvalue weighted by atomic mass is 9.77. The van der Waals surface area contributed by atoms with E-state index in [1.807, 2.05) is 0 Å². The molecule has 1 aliphatic carbocycles. The maximum absolute atomic E-state index is 5.83. The minimum absolute atomic E-state index is 0.748. The van der Waals surface area contributed by atoms with Gasteiger partial charge in [-0.2, -0.15) is 0 Å². The van der Waals surface area contributed by atoms with Gasteiger partial charge in [0.2, 0.25) is 0 Å². The first-order valence-electron chi connectivity index (χ1n) is 12.1. The van der Waals surface area contributed by atoms with E-state index in [0.29, 0.717) is 0 Å². The molecule has 1 aliphatic rings. The van der Waals surface area contributed by atoms with Crippen LogP contribution in [0.3, 0.4) is 0 Å². The Morgan fingerprint density at radius 1 is 0.733 bits per heavy atom. The average molecular weight is 409 g/mol. The largest absolute Gasteiger partial charge is 0.494 e. The molecule has 2 aromatic rings. The van der Waals surface area contributed by atoms with E-state index >= 15 is 0 Å². The van der Waals surface area contributed by atoms with E-state index in [4.69, 9.17) is 9.47 Å². The molecule has 0 aromatic heterocycles. The van der Waals surface area contributed by atoms with Crippen LogP contribution in [0.4, 0.5) is 0 Å². The van der Waals surface area contributed by atoms with Gasteiger partial charge in [0.05, 0.1) is 6.61 Å². The lowest BCUT2D eigenvalue weighted by molar-refractivity contribution is 0.184. The van der Waals surface area contributed by atoms with Crippen molar-refractivity contribution in [1.29, 1.82) is 0 Å². The van der Waals surface area contributed by atoms with Crippen LogP contribution in [-0.4, -0.2) is 20.3 Å². The fourth-order valence-electron chi connectivity index (χ4n) is 4.70. The maximum Gasteiger partial charge on any atom is 0.119 e.